The number of nitrogens with zero attached hydrogens (tertiary/aromatic N) is 5. The van der Waals surface area contributed by atoms with Crippen LogP contribution in [0.5, 0.6) is 0 Å². The second kappa shape index (κ2) is 6.58. The molecule has 2 rings (SSSR count). The maximum Gasteiger partial charge on any atom is 0.351 e. The van der Waals surface area contributed by atoms with E-state index < -0.39 is 24.1 Å². The van der Waals surface area contributed by atoms with Crippen molar-refractivity contribution in [3.63, 3.8) is 0 Å². The highest BCUT2D eigenvalue weighted by molar-refractivity contribution is 5.85. The molecule has 0 saturated carbocycles. The number of rotatable bonds is 3. The molecule has 0 aromatic carbocycles. The summed E-state index contributed by atoms with van der Waals surface area (Å²) in [5.74, 6) is 0.171. The van der Waals surface area contributed by atoms with Gasteiger partial charge in [0.1, 0.15) is 12.0 Å². The van der Waals surface area contributed by atoms with E-state index in [9.17, 15) is 4.79 Å². The van der Waals surface area contributed by atoms with Crippen LogP contribution in [0.4, 0.5) is 5.82 Å². The Bertz CT molecular complexity index is 585. The van der Waals surface area contributed by atoms with Crippen LogP contribution in [-0.2, 0) is 4.74 Å². The van der Waals surface area contributed by atoms with Gasteiger partial charge in [0.05, 0.1) is 18.8 Å². The third-order valence-corrected chi connectivity index (χ3v) is 3.07. The van der Waals surface area contributed by atoms with E-state index in [0.29, 0.717) is 12.0 Å². The molecule has 1 aliphatic heterocycles. The maximum absolute atomic E-state index is 11.8. The van der Waals surface area contributed by atoms with Crippen molar-refractivity contribution in [2.75, 3.05) is 12.3 Å². The first-order valence-electron chi connectivity index (χ1n) is 5.72. The highest BCUT2D eigenvalue weighted by Gasteiger charge is 2.35. The Kier molecular flexibility index (Phi) is 5.34. The number of ether oxygens (including phenoxy) is 1. The minimum absolute atomic E-state index is 0. The second-order valence-electron chi connectivity index (χ2n) is 4.32. The van der Waals surface area contributed by atoms with Crippen molar-refractivity contribution in [3.05, 3.63) is 32.7 Å². The fourth-order valence-corrected chi connectivity index (χ4v) is 2.02. The van der Waals surface area contributed by atoms with E-state index in [1.54, 1.807) is 13.1 Å². The molecule has 1 aromatic rings. The summed E-state index contributed by atoms with van der Waals surface area (Å²) in [7, 11) is 0. The van der Waals surface area contributed by atoms with Crippen molar-refractivity contribution >= 4 is 18.2 Å². The first kappa shape index (κ1) is 16.3. The third kappa shape index (κ3) is 3.02. The second-order valence-corrected chi connectivity index (χ2v) is 4.32. The summed E-state index contributed by atoms with van der Waals surface area (Å²) in [5, 5.41) is 12.7. The van der Waals surface area contributed by atoms with Crippen molar-refractivity contribution in [1.82, 2.24) is 9.55 Å². The Morgan fingerprint density at radius 1 is 1.75 bits per heavy atom. The number of aliphatic hydroxyl groups is 1. The Morgan fingerprint density at radius 3 is 3.05 bits per heavy atom. The Labute approximate surface area is 120 Å². The van der Waals surface area contributed by atoms with E-state index in [0.717, 1.165) is 0 Å². The molecule has 110 valence electrons. The summed E-state index contributed by atoms with van der Waals surface area (Å²) in [6.45, 7) is 1.44. The SMILES string of the molecule is Cc1cn(C2CC(N=[N+]=[N-])C(CO)O2)c(=O)nc1N.Cl. The van der Waals surface area contributed by atoms with Crippen LogP contribution in [0.15, 0.2) is 16.1 Å². The van der Waals surface area contributed by atoms with Gasteiger partial charge in [-0.05, 0) is 12.5 Å². The normalized spacial score (nSPS) is 24.8. The number of anilines is 1. The molecule has 0 spiro atoms. The van der Waals surface area contributed by atoms with Crippen LogP contribution in [0, 0.1) is 6.92 Å². The standard InChI is InChI=1S/C10H14N6O3.ClH/c1-5-3-16(10(18)13-9(5)11)8-2-6(14-15-12)7(4-17)19-8;/h3,6-8,17H,2,4H2,1H3,(H2,11,13,18);1H. The fourth-order valence-electron chi connectivity index (χ4n) is 2.02. The molecule has 1 saturated heterocycles. The number of aryl methyl sites for hydroxylation is 1. The molecule has 1 fully saturated rings. The molecular formula is C10H15ClN6O3. The summed E-state index contributed by atoms with van der Waals surface area (Å²) in [6.07, 6.45) is 0.611. The van der Waals surface area contributed by atoms with Crippen molar-refractivity contribution in [2.45, 2.75) is 31.7 Å². The van der Waals surface area contributed by atoms with E-state index in [4.69, 9.17) is 21.1 Å². The zero-order valence-corrected chi connectivity index (χ0v) is 11.5. The number of hydrogen-bond acceptors (Lipinski definition) is 6. The summed E-state index contributed by atoms with van der Waals surface area (Å²) in [6, 6.07) is -0.509. The molecule has 0 aliphatic carbocycles. The zero-order chi connectivity index (χ0) is 14.0. The van der Waals surface area contributed by atoms with E-state index in [2.05, 4.69) is 15.0 Å². The van der Waals surface area contributed by atoms with E-state index in [1.807, 2.05) is 0 Å². The topological polar surface area (TPSA) is 139 Å². The number of nitrogens with two attached hydrogens (primary N) is 1. The fraction of sp³-hybridized carbons (Fsp3) is 0.600. The lowest BCUT2D eigenvalue weighted by molar-refractivity contribution is -0.0270. The number of halogens is 1. The number of hydrogen-bond donors (Lipinski definition) is 2. The lowest BCUT2D eigenvalue weighted by Gasteiger charge is -2.15. The predicted octanol–water partition coefficient (Wildman–Crippen LogP) is 0.514. The van der Waals surface area contributed by atoms with Gasteiger partial charge in [0.2, 0.25) is 0 Å². The molecule has 9 nitrogen and oxygen atoms in total. The van der Waals surface area contributed by atoms with Gasteiger partial charge in [-0.3, -0.25) is 4.57 Å². The van der Waals surface area contributed by atoms with Crippen LogP contribution >= 0.6 is 12.4 Å². The Morgan fingerprint density at radius 2 is 2.45 bits per heavy atom. The number of aromatic nitrogens is 2. The van der Waals surface area contributed by atoms with Crippen LogP contribution < -0.4 is 11.4 Å². The molecular weight excluding hydrogens is 288 g/mol. The van der Waals surface area contributed by atoms with E-state index in [1.165, 1.54) is 4.57 Å². The van der Waals surface area contributed by atoms with Gasteiger partial charge in [0.25, 0.3) is 0 Å². The maximum atomic E-state index is 11.8. The first-order chi connectivity index (χ1) is 9.06. The third-order valence-electron chi connectivity index (χ3n) is 3.07. The zero-order valence-electron chi connectivity index (χ0n) is 10.7. The van der Waals surface area contributed by atoms with Crippen molar-refractivity contribution in [3.8, 4) is 0 Å². The van der Waals surface area contributed by atoms with Crippen LogP contribution in [0.1, 0.15) is 18.2 Å². The monoisotopic (exact) mass is 302 g/mol. The van der Waals surface area contributed by atoms with Gasteiger partial charge in [-0.25, -0.2) is 4.79 Å². The summed E-state index contributed by atoms with van der Waals surface area (Å²) < 4.78 is 6.80. The number of aliphatic hydroxyl groups excluding tert-OH is 1. The van der Waals surface area contributed by atoms with E-state index in [-0.39, 0.29) is 24.8 Å². The van der Waals surface area contributed by atoms with Gasteiger partial charge in [-0.2, -0.15) is 4.98 Å². The van der Waals surface area contributed by atoms with Gasteiger partial charge in [-0.1, -0.05) is 5.11 Å². The van der Waals surface area contributed by atoms with Crippen molar-refractivity contribution < 1.29 is 9.84 Å². The Hall–Kier alpha value is -1.80. The van der Waals surface area contributed by atoms with Gasteiger partial charge in [-0.15, -0.1) is 12.4 Å². The number of azide groups is 1. The average molecular weight is 303 g/mol. The van der Waals surface area contributed by atoms with Crippen LogP contribution in [0.25, 0.3) is 10.4 Å². The molecule has 3 unspecified atom stereocenters. The summed E-state index contributed by atoms with van der Waals surface area (Å²) in [5.41, 5.74) is 14.1. The van der Waals surface area contributed by atoms with Crippen LogP contribution in [0.3, 0.4) is 0 Å². The van der Waals surface area contributed by atoms with Crippen molar-refractivity contribution in [2.24, 2.45) is 5.11 Å². The van der Waals surface area contributed by atoms with Gasteiger partial charge in [0.15, 0.2) is 0 Å². The minimum Gasteiger partial charge on any atom is -0.394 e. The molecule has 10 heteroatoms. The molecule has 1 aromatic heterocycles. The molecule has 0 bridgehead atoms. The molecule has 2 heterocycles. The van der Waals surface area contributed by atoms with Gasteiger partial charge < -0.3 is 15.6 Å². The van der Waals surface area contributed by atoms with E-state index >= 15 is 0 Å². The van der Waals surface area contributed by atoms with Crippen LogP contribution in [-0.4, -0.2) is 33.4 Å². The highest BCUT2D eigenvalue weighted by atomic mass is 35.5. The molecule has 20 heavy (non-hydrogen) atoms. The average Bonchev–Trinajstić information content (AvgIpc) is 2.77. The summed E-state index contributed by atoms with van der Waals surface area (Å²) in [4.78, 5) is 18.2. The minimum atomic E-state index is -0.620. The molecule has 3 N–H and O–H groups in total. The van der Waals surface area contributed by atoms with Crippen molar-refractivity contribution in [1.29, 1.82) is 0 Å². The number of nitrogen functional groups attached to an aromatic ring is 1. The lowest BCUT2D eigenvalue weighted by atomic mass is 10.1. The first-order valence-corrected chi connectivity index (χ1v) is 5.72. The predicted molar refractivity (Wildman–Crippen MR) is 73.4 cm³/mol. The lowest BCUT2D eigenvalue weighted by Crippen LogP contribution is -2.28. The largest absolute Gasteiger partial charge is 0.394 e. The molecule has 0 radical (unpaired) electrons. The quantitative estimate of drug-likeness (QED) is 0.476. The molecule has 1 aliphatic rings. The van der Waals surface area contributed by atoms with Crippen LogP contribution in [0.2, 0.25) is 0 Å². The van der Waals surface area contributed by atoms with Gasteiger partial charge >= 0.3 is 5.69 Å². The highest BCUT2D eigenvalue weighted by Crippen LogP contribution is 2.30. The Balaban J connectivity index is 0.00000200. The summed E-state index contributed by atoms with van der Waals surface area (Å²) >= 11 is 0. The smallest absolute Gasteiger partial charge is 0.351 e. The molecule has 0 amide bonds. The van der Waals surface area contributed by atoms with Gasteiger partial charge in [0, 0.05) is 23.1 Å². The molecule has 3 atom stereocenters.